The van der Waals surface area contributed by atoms with Crippen LogP contribution in [0.3, 0.4) is 0 Å². The highest BCUT2D eigenvalue weighted by atomic mass is 19.3. The number of amides is 1. The Morgan fingerprint density at radius 2 is 2.24 bits per heavy atom. The number of halogens is 2. The summed E-state index contributed by atoms with van der Waals surface area (Å²) in [6, 6.07) is 0.170. The number of alkyl halides is 2. The number of hydrogen-bond acceptors (Lipinski definition) is 3. The summed E-state index contributed by atoms with van der Waals surface area (Å²) in [4.78, 5) is 14.1. The molecule has 1 aromatic rings. The van der Waals surface area contributed by atoms with Crippen LogP contribution < -0.4 is 5.32 Å². The molecule has 0 unspecified atom stereocenters. The van der Waals surface area contributed by atoms with Crippen molar-refractivity contribution in [2.45, 2.75) is 39.8 Å². The summed E-state index contributed by atoms with van der Waals surface area (Å²) in [6.45, 7) is 7.93. The Bertz CT molecular complexity index is 501. The van der Waals surface area contributed by atoms with Crippen LogP contribution in [0.4, 0.5) is 8.78 Å². The molecule has 2 heterocycles. The summed E-state index contributed by atoms with van der Waals surface area (Å²) in [5.41, 5.74) is -0.236. The predicted octanol–water partition coefficient (Wildman–Crippen LogP) is 1.91. The van der Waals surface area contributed by atoms with Gasteiger partial charge in [-0.2, -0.15) is 5.10 Å². The number of nitrogens with one attached hydrogen (secondary N) is 1. The fraction of sp³-hybridized carbons (Fsp3) is 0.714. The first-order chi connectivity index (χ1) is 9.90. The zero-order chi connectivity index (χ0) is 15.6. The van der Waals surface area contributed by atoms with E-state index < -0.39 is 6.43 Å². The van der Waals surface area contributed by atoms with E-state index in [1.165, 1.54) is 10.9 Å². The zero-order valence-electron chi connectivity index (χ0n) is 12.6. The predicted molar refractivity (Wildman–Crippen MR) is 75.4 cm³/mol. The minimum absolute atomic E-state index is 0.0275. The Balaban J connectivity index is 2.26. The van der Waals surface area contributed by atoms with Crippen LogP contribution >= 0.6 is 0 Å². The van der Waals surface area contributed by atoms with Crippen LogP contribution in [-0.4, -0.2) is 46.3 Å². The molecule has 1 N–H and O–H groups in total. The van der Waals surface area contributed by atoms with E-state index in [2.05, 4.69) is 10.4 Å². The van der Waals surface area contributed by atoms with Crippen LogP contribution in [0, 0.1) is 5.92 Å². The molecule has 0 aromatic carbocycles. The van der Waals surface area contributed by atoms with Crippen molar-refractivity contribution in [3.05, 3.63) is 17.5 Å². The summed E-state index contributed by atoms with van der Waals surface area (Å²) < 4.78 is 27.9. The van der Waals surface area contributed by atoms with Gasteiger partial charge in [0.1, 0.15) is 5.69 Å². The van der Waals surface area contributed by atoms with E-state index in [4.69, 9.17) is 0 Å². The molecule has 2 rings (SSSR count). The standard InChI is InChI=1S/C14H22F2N4O/c1-9(2)7-20-12(13(15)16)11(6-18-20)14(21)19-5-4-17-10(3)8-19/h6,9-10,13,17H,4-5,7-8H2,1-3H3/t10-/m1/s1. The van der Waals surface area contributed by atoms with Crippen molar-refractivity contribution in [3.63, 3.8) is 0 Å². The highest BCUT2D eigenvalue weighted by molar-refractivity contribution is 5.95. The molecule has 1 fully saturated rings. The van der Waals surface area contributed by atoms with Gasteiger partial charge in [-0.05, 0) is 12.8 Å². The lowest BCUT2D eigenvalue weighted by Crippen LogP contribution is -2.51. The Morgan fingerprint density at radius 1 is 1.52 bits per heavy atom. The Labute approximate surface area is 123 Å². The molecule has 0 aliphatic carbocycles. The highest BCUT2D eigenvalue weighted by Gasteiger charge is 2.29. The molecule has 1 saturated heterocycles. The van der Waals surface area contributed by atoms with Crippen molar-refractivity contribution in [1.29, 1.82) is 0 Å². The van der Waals surface area contributed by atoms with Crippen molar-refractivity contribution >= 4 is 5.91 Å². The number of carbonyl (C=O) groups is 1. The fourth-order valence-corrected chi connectivity index (χ4v) is 2.57. The fourth-order valence-electron chi connectivity index (χ4n) is 2.57. The largest absolute Gasteiger partial charge is 0.336 e. The van der Waals surface area contributed by atoms with Gasteiger partial charge in [-0.15, -0.1) is 0 Å². The molecule has 1 atom stereocenters. The zero-order valence-corrected chi connectivity index (χ0v) is 12.6. The van der Waals surface area contributed by atoms with Gasteiger partial charge in [0.2, 0.25) is 0 Å². The quantitative estimate of drug-likeness (QED) is 0.924. The van der Waals surface area contributed by atoms with Crippen LogP contribution in [0.15, 0.2) is 6.20 Å². The monoisotopic (exact) mass is 300 g/mol. The maximum atomic E-state index is 13.3. The van der Waals surface area contributed by atoms with Crippen molar-refractivity contribution in [2.24, 2.45) is 5.92 Å². The molecule has 5 nitrogen and oxygen atoms in total. The summed E-state index contributed by atoms with van der Waals surface area (Å²) in [5, 5.41) is 7.21. The molecule has 7 heteroatoms. The topological polar surface area (TPSA) is 50.2 Å². The SMILES string of the molecule is CC(C)Cn1ncc(C(=O)N2CCN[C@H](C)C2)c1C(F)F. The number of nitrogens with zero attached hydrogens (tertiary/aromatic N) is 3. The smallest absolute Gasteiger partial charge is 0.280 e. The molecule has 0 radical (unpaired) electrons. The van der Waals surface area contributed by atoms with Crippen LogP contribution in [0.25, 0.3) is 0 Å². The third kappa shape index (κ3) is 3.58. The molecule has 0 saturated carbocycles. The average Bonchev–Trinajstić information content (AvgIpc) is 2.80. The molecule has 1 aromatic heterocycles. The minimum Gasteiger partial charge on any atom is -0.336 e. The number of carbonyl (C=O) groups excluding carboxylic acids is 1. The molecule has 0 spiro atoms. The lowest BCUT2D eigenvalue weighted by atomic mass is 10.1. The van der Waals surface area contributed by atoms with Gasteiger partial charge in [-0.3, -0.25) is 9.48 Å². The van der Waals surface area contributed by atoms with E-state index >= 15 is 0 Å². The number of rotatable bonds is 4. The molecular formula is C14H22F2N4O. The molecule has 21 heavy (non-hydrogen) atoms. The van der Waals surface area contributed by atoms with Crippen molar-refractivity contribution in [1.82, 2.24) is 20.0 Å². The van der Waals surface area contributed by atoms with Gasteiger partial charge in [0.05, 0.1) is 11.8 Å². The second-order valence-electron chi connectivity index (χ2n) is 5.93. The summed E-state index contributed by atoms with van der Waals surface area (Å²) in [5.74, 6) is -0.168. The third-order valence-electron chi connectivity index (χ3n) is 3.51. The second-order valence-corrected chi connectivity index (χ2v) is 5.93. The van der Waals surface area contributed by atoms with Crippen LogP contribution in [0.5, 0.6) is 0 Å². The van der Waals surface area contributed by atoms with Gasteiger partial charge in [-0.1, -0.05) is 13.8 Å². The van der Waals surface area contributed by atoms with Gasteiger partial charge in [0.15, 0.2) is 0 Å². The Hall–Kier alpha value is -1.50. The summed E-state index contributed by atoms with van der Waals surface area (Å²) in [6.07, 6.45) is -1.43. The molecular weight excluding hydrogens is 278 g/mol. The normalized spacial score (nSPS) is 19.6. The number of aromatic nitrogens is 2. The van der Waals surface area contributed by atoms with E-state index in [1.807, 2.05) is 20.8 Å². The molecule has 1 amide bonds. The van der Waals surface area contributed by atoms with Crippen molar-refractivity contribution in [2.75, 3.05) is 19.6 Å². The highest BCUT2D eigenvalue weighted by Crippen LogP contribution is 2.25. The summed E-state index contributed by atoms with van der Waals surface area (Å²) >= 11 is 0. The van der Waals surface area contributed by atoms with Crippen LogP contribution in [0.2, 0.25) is 0 Å². The van der Waals surface area contributed by atoms with Crippen LogP contribution in [0.1, 0.15) is 43.2 Å². The van der Waals surface area contributed by atoms with Gasteiger partial charge >= 0.3 is 0 Å². The van der Waals surface area contributed by atoms with Crippen molar-refractivity contribution < 1.29 is 13.6 Å². The number of hydrogen-bond donors (Lipinski definition) is 1. The Morgan fingerprint density at radius 3 is 2.81 bits per heavy atom. The molecule has 1 aliphatic heterocycles. The van der Waals surface area contributed by atoms with E-state index in [0.717, 1.165) is 0 Å². The molecule has 118 valence electrons. The Kier molecular flexibility index (Phi) is 4.92. The van der Waals surface area contributed by atoms with Gasteiger partial charge in [-0.25, -0.2) is 8.78 Å². The first kappa shape index (κ1) is 15.9. The van der Waals surface area contributed by atoms with E-state index in [-0.39, 0.29) is 29.1 Å². The first-order valence-corrected chi connectivity index (χ1v) is 7.26. The van der Waals surface area contributed by atoms with Crippen LogP contribution in [-0.2, 0) is 6.54 Å². The second kappa shape index (κ2) is 6.51. The lowest BCUT2D eigenvalue weighted by Gasteiger charge is -2.31. The van der Waals surface area contributed by atoms with E-state index in [1.54, 1.807) is 4.90 Å². The van der Waals surface area contributed by atoms with E-state index in [9.17, 15) is 13.6 Å². The third-order valence-corrected chi connectivity index (χ3v) is 3.51. The summed E-state index contributed by atoms with van der Waals surface area (Å²) in [7, 11) is 0. The number of piperazine rings is 1. The lowest BCUT2D eigenvalue weighted by molar-refractivity contribution is 0.0695. The van der Waals surface area contributed by atoms with Gasteiger partial charge < -0.3 is 10.2 Å². The van der Waals surface area contributed by atoms with Crippen molar-refractivity contribution in [3.8, 4) is 0 Å². The van der Waals surface area contributed by atoms with Gasteiger partial charge in [0, 0.05) is 32.2 Å². The van der Waals surface area contributed by atoms with Gasteiger partial charge in [0.25, 0.3) is 12.3 Å². The minimum atomic E-state index is -2.70. The average molecular weight is 300 g/mol. The maximum Gasteiger partial charge on any atom is 0.280 e. The van der Waals surface area contributed by atoms with E-state index in [0.29, 0.717) is 26.2 Å². The maximum absolute atomic E-state index is 13.3. The molecule has 1 aliphatic rings. The molecule has 0 bridgehead atoms. The first-order valence-electron chi connectivity index (χ1n) is 7.26.